The van der Waals surface area contributed by atoms with E-state index in [0.29, 0.717) is 5.95 Å². The number of ether oxygens (including phenoxy) is 1. The Balaban J connectivity index is 2.08. The molecule has 2 rings (SSSR count). The fourth-order valence-corrected chi connectivity index (χ4v) is 2.86. The molecule has 118 valence electrons. The molecule has 0 aromatic carbocycles. The third kappa shape index (κ3) is 3.33. The molecular formula is C13H23N5O3. The fraction of sp³-hybridized carbons (Fsp3) is 0.769. The summed E-state index contributed by atoms with van der Waals surface area (Å²) in [4.78, 5) is 19.2. The molecule has 21 heavy (non-hydrogen) atoms. The Hall–Kier alpha value is -1.67. The molecule has 0 atom stereocenters. The van der Waals surface area contributed by atoms with Crippen molar-refractivity contribution in [3.63, 3.8) is 0 Å². The average molecular weight is 297 g/mol. The van der Waals surface area contributed by atoms with Crippen LogP contribution in [0.4, 0.5) is 5.95 Å². The van der Waals surface area contributed by atoms with Gasteiger partial charge in [-0.05, 0) is 26.9 Å². The molecule has 1 aromatic heterocycles. The number of carbonyl (C=O) groups is 1. The molecule has 1 fully saturated rings. The number of anilines is 1. The molecular weight excluding hydrogens is 274 g/mol. The summed E-state index contributed by atoms with van der Waals surface area (Å²) in [5.74, 6) is -0.668. The van der Waals surface area contributed by atoms with Gasteiger partial charge < -0.3 is 19.6 Å². The Morgan fingerprint density at radius 2 is 2.05 bits per heavy atom. The molecule has 0 aliphatic carbocycles. The van der Waals surface area contributed by atoms with Gasteiger partial charge in [-0.15, -0.1) is 5.10 Å². The summed E-state index contributed by atoms with van der Waals surface area (Å²) in [7, 11) is 7.54. The van der Waals surface area contributed by atoms with Gasteiger partial charge >= 0.3 is 5.97 Å². The summed E-state index contributed by atoms with van der Waals surface area (Å²) >= 11 is 0. The quantitative estimate of drug-likeness (QED) is 0.822. The maximum atomic E-state index is 10.9. The van der Waals surface area contributed by atoms with Crippen molar-refractivity contribution in [2.45, 2.75) is 18.4 Å². The molecule has 0 unspecified atom stereocenters. The van der Waals surface area contributed by atoms with E-state index in [1.807, 2.05) is 14.1 Å². The summed E-state index contributed by atoms with van der Waals surface area (Å²) in [6.45, 7) is 2.41. The first kappa shape index (κ1) is 15.7. The van der Waals surface area contributed by atoms with Gasteiger partial charge in [-0.1, -0.05) is 0 Å². The lowest BCUT2D eigenvalue weighted by molar-refractivity contribution is -0.0456. The van der Waals surface area contributed by atoms with E-state index in [1.165, 1.54) is 4.68 Å². The van der Waals surface area contributed by atoms with Crippen molar-refractivity contribution < 1.29 is 14.6 Å². The molecule has 8 nitrogen and oxygen atoms in total. The van der Waals surface area contributed by atoms with Gasteiger partial charge in [-0.25, -0.2) is 9.48 Å². The average Bonchev–Trinajstić information content (AvgIpc) is 2.81. The third-order valence-corrected chi connectivity index (χ3v) is 3.93. The standard InChI is InChI=1S/C13H23N5O3/c1-16(2)9-13(21-4)5-7-18(8-6-13)12-14-10(11(19)20)15-17(12)3/h5-9H2,1-4H3,(H,19,20). The van der Waals surface area contributed by atoms with Gasteiger partial charge in [0.05, 0.1) is 5.60 Å². The van der Waals surface area contributed by atoms with Crippen LogP contribution in [-0.4, -0.2) is 77.2 Å². The minimum Gasteiger partial charge on any atom is -0.475 e. The van der Waals surface area contributed by atoms with Crippen LogP contribution in [0.1, 0.15) is 23.5 Å². The normalized spacial score (nSPS) is 18.2. The molecule has 1 N–H and O–H groups in total. The van der Waals surface area contributed by atoms with Gasteiger partial charge in [0, 0.05) is 33.8 Å². The van der Waals surface area contributed by atoms with E-state index in [9.17, 15) is 4.79 Å². The van der Waals surface area contributed by atoms with Crippen molar-refractivity contribution in [2.24, 2.45) is 7.05 Å². The number of hydrogen-bond acceptors (Lipinski definition) is 6. The number of aryl methyl sites for hydroxylation is 1. The first-order chi connectivity index (χ1) is 9.87. The summed E-state index contributed by atoms with van der Waals surface area (Å²) in [5.41, 5.74) is -0.145. The highest BCUT2D eigenvalue weighted by atomic mass is 16.5. The minimum atomic E-state index is -1.10. The number of aromatic carboxylic acids is 1. The van der Waals surface area contributed by atoms with E-state index in [1.54, 1.807) is 14.2 Å². The Morgan fingerprint density at radius 3 is 2.48 bits per heavy atom. The second kappa shape index (κ2) is 5.98. The Bertz CT molecular complexity index is 506. The first-order valence-corrected chi connectivity index (χ1v) is 6.96. The predicted molar refractivity (Wildman–Crippen MR) is 77.7 cm³/mol. The van der Waals surface area contributed by atoms with Crippen molar-refractivity contribution in [1.82, 2.24) is 19.7 Å². The smallest absolute Gasteiger partial charge is 0.375 e. The number of nitrogens with zero attached hydrogens (tertiary/aromatic N) is 5. The lowest BCUT2D eigenvalue weighted by atomic mass is 9.90. The number of carboxylic acids is 1. The second-order valence-electron chi connectivity index (χ2n) is 5.78. The number of rotatable bonds is 5. The highest BCUT2D eigenvalue weighted by Gasteiger charge is 2.36. The predicted octanol–water partition coefficient (Wildman–Crippen LogP) is 0.0603. The van der Waals surface area contributed by atoms with Crippen molar-refractivity contribution >= 4 is 11.9 Å². The highest BCUT2D eigenvalue weighted by Crippen LogP contribution is 2.28. The number of hydrogen-bond donors (Lipinski definition) is 1. The van der Waals surface area contributed by atoms with E-state index in [4.69, 9.17) is 9.84 Å². The van der Waals surface area contributed by atoms with Gasteiger partial charge in [0.25, 0.3) is 5.82 Å². The lowest BCUT2D eigenvalue weighted by Crippen LogP contribution is -2.51. The molecule has 0 bridgehead atoms. The molecule has 0 saturated carbocycles. The highest BCUT2D eigenvalue weighted by molar-refractivity contribution is 5.83. The fourth-order valence-electron chi connectivity index (χ4n) is 2.86. The van der Waals surface area contributed by atoms with Gasteiger partial charge in [-0.2, -0.15) is 4.98 Å². The van der Waals surface area contributed by atoms with Gasteiger partial charge in [-0.3, -0.25) is 0 Å². The molecule has 1 aliphatic heterocycles. The first-order valence-electron chi connectivity index (χ1n) is 6.96. The van der Waals surface area contributed by atoms with Crippen LogP contribution in [0, 0.1) is 0 Å². The van der Waals surface area contributed by atoms with E-state index < -0.39 is 5.97 Å². The maximum Gasteiger partial charge on any atom is 0.375 e. The van der Waals surface area contributed by atoms with E-state index in [0.717, 1.165) is 32.5 Å². The van der Waals surface area contributed by atoms with Crippen LogP contribution in [0.2, 0.25) is 0 Å². The summed E-state index contributed by atoms with van der Waals surface area (Å²) < 4.78 is 7.27. The SMILES string of the molecule is COC1(CN(C)C)CCN(c2nc(C(=O)O)nn2C)CC1. The zero-order valence-electron chi connectivity index (χ0n) is 13.0. The zero-order valence-corrected chi connectivity index (χ0v) is 13.0. The summed E-state index contributed by atoms with van der Waals surface area (Å²) in [6.07, 6.45) is 1.74. The summed E-state index contributed by atoms with van der Waals surface area (Å²) in [6, 6.07) is 0. The second-order valence-corrected chi connectivity index (χ2v) is 5.78. The molecule has 2 heterocycles. The monoisotopic (exact) mass is 297 g/mol. The Labute approximate surface area is 124 Å². The van der Waals surface area contributed by atoms with Crippen LogP contribution >= 0.6 is 0 Å². The van der Waals surface area contributed by atoms with Gasteiger partial charge in [0.1, 0.15) is 0 Å². The number of piperidine rings is 1. The Kier molecular flexibility index (Phi) is 4.48. The largest absolute Gasteiger partial charge is 0.475 e. The number of methoxy groups -OCH3 is 1. The number of likely N-dealkylation sites (N-methyl/N-ethyl adjacent to an activating group) is 1. The molecule has 0 radical (unpaired) electrons. The van der Waals surface area contributed by atoms with Crippen LogP contribution in [0.5, 0.6) is 0 Å². The van der Waals surface area contributed by atoms with Crippen LogP contribution in [0.3, 0.4) is 0 Å². The molecule has 8 heteroatoms. The van der Waals surface area contributed by atoms with Crippen molar-refractivity contribution in [1.29, 1.82) is 0 Å². The lowest BCUT2D eigenvalue weighted by Gasteiger charge is -2.42. The van der Waals surface area contributed by atoms with Gasteiger partial charge in [0.15, 0.2) is 0 Å². The topological polar surface area (TPSA) is 83.7 Å². The Morgan fingerprint density at radius 1 is 1.43 bits per heavy atom. The zero-order chi connectivity index (χ0) is 15.6. The molecule has 1 aromatic rings. The van der Waals surface area contributed by atoms with Crippen molar-refractivity contribution in [3.05, 3.63) is 5.82 Å². The van der Waals surface area contributed by atoms with E-state index in [2.05, 4.69) is 19.9 Å². The van der Waals surface area contributed by atoms with Crippen molar-refractivity contribution in [2.75, 3.05) is 45.7 Å². The third-order valence-electron chi connectivity index (χ3n) is 3.93. The maximum absolute atomic E-state index is 10.9. The van der Waals surface area contributed by atoms with E-state index >= 15 is 0 Å². The summed E-state index contributed by atoms with van der Waals surface area (Å²) in [5, 5.41) is 12.9. The molecule has 0 spiro atoms. The number of carboxylic acid groups (broad SMARTS) is 1. The minimum absolute atomic E-state index is 0.145. The van der Waals surface area contributed by atoms with Crippen LogP contribution in [0.25, 0.3) is 0 Å². The van der Waals surface area contributed by atoms with Crippen molar-refractivity contribution in [3.8, 4) is 0 Å². The van der Waals surface area contributed by atoms with Gasteiger partial charge in [0.2, 0.25) is 5.95 Å². The van der Waals surface area contributed by atoms with Crippen LogP contribution < -0.4 is 4.90 Å². The van der Waals surface area contributed by atoms with Crippen LogP contribution in [-0.2, 0) is 11.8 Å². The molecule has 1 saturated heterocycles. The molecule has 0 amide bonds. The van der Waals surface area contributed by atoms with E-state index in [-0.39, 0.29) is 11.4 Å². The number of aromatic nitrogens is 3. The molecule has 1 aliphatic rings. The van der Waals surface area contributed by atoms with Crippen LogP contribution in [0.15, 0.2) is 0 Å².